The quantitative estimate of drug-likeness (QED) is 0.607. The molecular weight excluding hydrogens is 254 g/mol. The average Bonchev–Trinajstić information content (AvgIpc) is 2.67. The van der Waals surface area contributed by atoms with E-state index in [0.29, 0.717) is 0 Å². The van der Waals surface area contributed by atoms with Gasteiger partial charge in [0.05, 0.1) is 6.04 Å². The van der Waals surface area contributed by atoms with Crippen LogP contribution in [0.5, 0.6) is 0 Å². The van der Waals surface area contributed by atoms with E-state index in [9.17, 15) is 0 Å². The maximum absolute atomic E-state index is 7.51. The van der Waals surface area contributed by atoms with Gasteiger partial charge in [-0.05, 0) is 30.5 Å². The molecule has 1 heterocycles. The van der Waals surface area contributed by atoms with Crippen molar-refractivity contribution in [2.24, 2.45) is 5.73 Å². The van der Waals surface area contributed by atoms with Crippen molar-refractivity contribution in [2.75, 3.05) is 6.54 Å². The molecule has 0 aromatic heterocycles. The Labute approximate surface area is 97.9 Å². The zero-order chi connectivity index (χ0) is 10.8. The van der Waals surface area contributed by atoms with Crippen LogP contribution in [0.3, 0.4) is 0 Å². The summed E-state index contributed by atoms with van der Waals surface area (Å²) in [5.74, 6) is 0.181. The predicted octanol–water partition coefficient (Wildman–Crippen LogP) is 2.48. The number of benzene rings is 1. The van der Waals surface area contributed by atoms with E-state index in [0.717, 1.165) is 23.9 Å². The van der Waals surface area contributed by atoms with Crippen LogP contribution in [0.4, 0.5) is 0 Å². The first kappa shape index (κ1) is 10.5. The fourth-order valence-corrected chi connectivity index (χ4v) is 2.35. The van der Waals surface area contributed by atoms with Crippen molar-refractivity contribution in [1.82, 2.24) is 4.90 Å². The van der Waals surface area contributed by atoms with Crippen LogP contribution in [-0.4, -0.2) is 17.4 Å². The van der Waals surface area contributed by atoms with Crippen molar-refractivity contribution in [3.05, 3.63) is 34.3 Å². The fraction of sp³-hybridized carbons (Fsp3) is 0.364. The zero-order valence-corrected chi connectivity index (χ0v) is 10.00. The normalized spacial score (nSPS) is 20.6. The van der Waals surface area contributed by atoms with Crippen LogP contribution >= 0.6 is 15.9 Å². The summed E-state index contributed by atoms with van der Waals surface area (Å²) in [6.45, 7) is 0.899. The smallest absolute Gasteiger partial charge is 0.188 e. The van der Waals surface area contributed by atoms with E-state index in [1.807, 2.05) is 17.0 Å². The zero-order valence-electron chi connectivity index (χ0n) is 8.41. The first-order valence-corrected chi connectivity index (χ1v) is 5.84. The molecule has 1 aliphatic heterocycles. The lowest BCUT2D eigenvalue weighted by Crippen LogP contribution is -2.35. The molecule has 1 aromatic rings. The van der Waals surface area contributed by atoms with Gasteiger partial charge in [-0.15, -0.1) is 0 Å². The van der Waals surface area contributed by atoms with Crippen molar-refractivity contribution in [1.29, 1.82) is 5.41 Å². The first-order chi connectivity index (χ1) is 7.18. The third-order valence-corrected chi connectivity index (χ3v) is 3.35. The highest BCUT2D eigenvalue weighted by Crippen LogP contribution is 2.31. The van der Waals surface area contributed by atoms with Crippen molar-refractivity contribution < 1.29 is 0 Å². The van der Waals surface area contributed by atoms with Gasteiger partial charge in [0.1, 0.15) is 0 Å². The minimum Gasteiger partial charge on any atom is -0.370 e. The van der Waals surface area contributed by atoms with Gasteiger partial charge in [-0.2, -0.15) is 0 Å². The summed E-state index contributed by atoms with van der Waals surface area (Å²) < 4.78 is 1.08. The summed E-state index contributed by atoms with van der Waals surface area (Å²) in [6, 6.07) is 8.54. The SMILES string of the molecule is N=C(N)N1CCCC1c1ccc(Br)cc1. The number of rotatable bonds is 1. The van der Waals surface area contributed by atoms with Gasteiger partial charge in [-0.25, -0.2) is 0 Å². The number of likely N-dealkylation sites (tertiary alicyclic amines) is 1. The molecule has 0 saturated carbocycles. The Balaban J connectivity index is 2.22. The lowest BCUT2D eigenvalue weighted by Gasteiger charge is -2.24. The van der Waals surface area contributed by atoms with Crippen LogP contribution in [0.2, 0.25) is 0 Å². The highest BCUT2D eigenvalue weighted by molar-refractivity contribution is 9.10. The largest absolute Gasteiger partial charge is 0.370 e. The van der Waals surface area contributed by atoms with E-state index >= 15 is 0 Å². The number of nitrogens with zero attached hydrogens (tertiary/aromatic N) is 1. The molecule has 0 aliphatic carbocycles. The summed E-state index contributed by atoms with van der Waals surface area (Å²) in [5, 5.41) is 7.51. The molecule has 0 spiro atoms. The molecule has 2 rings (SSSR count). The van der Waals surface area contributed by atoms with Gasteiger partial charge >= 0.3 is 0 Å². The summed E-state index contributed by atoms with van der Waals surface area (Å²) in [6.07, 6.45) is 2.20. The molecule has 80 valence electrons. The van der Waals surface area contributed by atoms with Crippen LogP contribution in [0.25, 0.3) is 0 Å². The second kappa shape index (κ2) is 4.23. The molecule has 1 aliphatic rings. The molecule has 1 saturated heterocycles. The highest BCUT2D eigenvalue weighted by atomic mass is 79.9. The summed E-state index contributed by atoms with van der Waals surface area (Å²) >= 11 is 3.42. The van der Waals surface area contributed by atoms with Crippen LogP contribution < -0.4 is 5.73 Å². The number of nitrogens with one attached hydrogen (secondary N) is 1. The number of halogens is 1. The molecular formula is C11H14BrN3. The van der Waals surface area contributed by atoms with Crippen molar-refractivity contribution in [2.45, 2.75) is 18.9 Å². The maximum Gasteiger partial charge on any atom is 0.188 e. The molecule has 1 unspecified atom stereocenters. The number of nitrogens with two attached hydrogens (primary N) is 1. The second-order valence-corrected chi connectivity index (χ2v) is 4.70. The van der Waals surface area contributed by atoms with E-state index in [2.05, 4.69) is 28.1 Å². The molecule has 1 aromatic carbocycles. The Morgan fingerprint density at radius 3 is 2.67 bits per heavy atom. The van der Waals surface area contributed by atoms with Gasteiger partial charge in [-0.3, -0.25) is 5.41 Å². The Morgan fingerprint density at radius 1 is 1.40 bits per heavy atom. The second-order valence-electron chi connectivity index (χ2n) is 3.79. The summed E-state index contributed by atoms with van der Waals surface area (Å²) in [5.41, 5.74) is 6.80. The van der Waals surface area contributed by atoms with Crippen LogP contribution in [0.15, 0.2) is 28.7 Å². The lowest BCUT2D eigenvalue weighted by molar-refractivity contribution is 0.393. The lowest BCUT2D eigenvalue weighted by atomic mass is 10.1. The van der Waals surface area contributed by atoms with Gasteiger partial charge < -0.3 is 10.6 Å². The third kappa shape index (κ3) is 2.15. The molecule has 0 bridgehead atoms. The Bertz CT molecular complexity index is 361. The Kier molecular flexibility index (Phi) is 2.95. The number of guanidine groups is 1. The van der Waals surface area contributed by atoms with E-state index in [4.69, 9.17) is 11.1 Å². The minimum atomic E-state index is 0.181. The van der Waals surface area contributed by atoms with E-state index < -0.39 is 0 Å². The van der Waals surface area contributed by atoms with Crippen molar-refractivity contribution in [3.63, 3.8) is 0 Å². The van der Waals surface area contributed by atoms with Crippen LogP contribution in [-0.2, 0) is 0 Å². The van der Waals surface area contributed by atoms with Gasteiger partial charge in [0, 0.05) is 11.0 Å². The fourth-order valence-electron chi connectivity index (χ4n) is 2.09. The van der Waals surface area contributed by atoms with Crippen LogP contribution in [0.1, 0.15) is 24.4 Å². The molecule has 15 heavy (non-hydrogen) atoms. The van der Waals surface area contributed by atoms with Crippen molar-refractivity contribution in [3.8, 4) is 0 Å². The Hall–Kier alpha value is -1.03. The molecule has 1 atom stereocenters. The van der Waals surface area contributed by atoms with E-state index in [1.165, 1.54) is 5.56 Å². The standard InChI is InChI=1S/C11H14BrN3/c12-9-5-3-8(4-6-9)10-2-1-7-15(10)11(13)14/h3-6,10H,1-2,7H2,(H3,13,14). The summed E-state index contributed by atoms with van der Waals surface area (Å²) in [4.78, 5) is 1.96. The monoisotopic (exact) mass is 267 g/mol. The molecule has 3 N–H and O–H groups in total. The predicted molar refractivity (Wildman–Crippen MR) is 64.7 cm³/mol. The molecule has 3 nitrogen and oxygen atoms in total. The van der Waals surface area contributed by atoms with Gasteiger partial charge in [-0.1, -0.05) is 28.1 Å². The summed E-state index contributed by atoms with van der Waals surface area (Å²) in [7, 11) is 0. The Morgan fingerprint density at radius 2 is 2.07 bits per heavy atom. The molecule has 4 heteroatoms. The van der Waals surface area contributed by atoms with Gasteiger partial charge in [0.15, 0.2) is 5.96 Å². The third-order valence-electron chi connectivity index (χ3n) is 2.82. The van der Waals surface area contributed by atoms with E-state index in [-0.39, 0.29) is 12.0 Å². The molecule has 0 radical (unpaired) electrons. The minimum absolute atomic E-state index is 0.181. The number of hydrogen-bond acceptors (Lipinski definition) is 1. The van der Waals surface area contributed by atoms with Crippen LogP contribution in [0, 0.1) is 5.41 Å². The van der Waals surface area contributed by atoms with Gasteiger partial charge in [0.25, 0.3) is 0 Å². The number of hydrogen-bond donors (Lipinski definition) is 2. The molecule has 0 amide bonds. The van der Waals surface area contributed by atoms with E-state index in [1.54, 1.807) is 0 Å². The maximum atomic E-state index is 7.51. The first-order valence-electron chi connectivity index (χ1n) is 5.04. The average molecular weight is 268 g/mol. The molecule has 1 fully saturated rings. The highest BCUT2D eigenvalue weighted by Gasteiger charge is 2.26. The topological polar surface area (TPSA) is 53.1 Å². The van der Waals surface area contributed by atoms with Crippen molar-refractivity contribution >= 4 is 21.9 Å². The van der Waals surface area contributed by atoms with Gasteiger partial charge in [0.2, 0.25) is 0 Å².